The third-order valence-corrected chi connectivity index (χ3v) is 6.64. The van der Waals surface area contributed by atoms with Crippen LogP contribution in [0.4, 0.5) is 14.6 Å². The quantitative estimate of drug-likeness (QED) is 0.467. The van der Waals surface area contributed by atoms with Crippen molar-refractivity contribution in [2.75, 3.05) is 25.0 Å². The Kier molecular flexibility index (Phi) is 5.87. The summed E-state index contributed by atoms with van der Waals surface area (Å²) in [6, 6.07) is -0.00169. The second kappa shape index (κ2) is 8.80. The minimum Gasteiger partial charge on any atom is -0.331 e. The summed E-state index contributed by atoms with van der Waals surface area (Å²) in [5.74, 6) is -1.90. The monoisotopic (exact) mass is 460 g/mol. The number of anilines is 1. The van der Waals surface area contributed by atoms with Crippen molar-refractivity contribution in [3.8, 4) is 0 Å². The topological polar surface area (TPSA) is 86.2 Å². The van der Waals surface area contributed by atoms with Gasteiger partial charge in [-0.05, 0) is 43.0 Å². The smallest absolute Gasteiger partial charge is 0.260 e. The lowest BCUT2D eigenvalue weighted by Crippen LogP contribution is -2.46. The molecule has 5 heterocycles. The van der Waals surface area contributed by atoms with E-state index in [1.807, 2.05) is 35.8 Å². The second-order valence-corrected chi connectivity index (χ2v) is 9.22. The minimum atomic E-state index is -2.58. The largest absolute Gasteiger partial charge is 0.331 e. The van der Waals surface area contributed by atoms with Crippen molar-refractivity contribution in [2.24, 2.45) is 0 Å². The number of rotatable bonds is 7. The Hall–Kier alpha value is -2.50. The summed E-state index contributed by atoms with van der Waals surface area (Å²) in [6.07, 6.45) is 11.7. The van der Waals surface area contributed by atoms with Crippen molar-refractivity contribution in [2.45, 2.75) is 44.6 Å². The molecule has 0 amide bonds. The summed E-state index contributed by atoms with van der Waals surface area (Å²) in [4.78, 5) is 11.2. The van der Waals surface area contributed by atoms with E-state index in [1.165, 1.54) is 11.9 Å². The highest BCUT2D eigenvalue weighted by atomic mass is 32.2. The molecule has 0 aromatic carbocycles. The summed E-state index contributed by atoms with van der Waals surface area (Å²) >= 11 is 1.46. The van der Waals surface area contributed by atoms with Crippen LogP contribution in [-0.2, 0) is 12.8 Å². The van der Waals surface area contributed by atoms with E-state index in [0.29, 0.717) is 31.7 Å². The lowest BCUT2D eigenvalue weighted by atomic mass is 10.1. The molecule has 8 nitrogen and oxygen atoms in total. The molecular weight excluding hydrogens is 434 g/mol. The molecule has 0 aliphatic carbocycles. The third kappa shape index (κ3) is 4.64. The van der Waals surface area contributed by atoms with Crippen molar-refractivity contribution in [1.29, 1.82) is 0 Å². The van der Waals surface area contributed by atoms with E-state index in [1.54, 1.807) is 0 Å². The van der Waals surface area contributed by atoms with Gasteiger partial charge in [0.2, 0.25) is 0 Å². The molecular formula is C21H26F2N8S. The standard InChI is InChI=1S/C21H26F2N8S/c1-2-15-12-31-17(6-14-8-25-26-9-14)10-24-20(31)19(27-15)28-18-7-16(29-32-18)11-30-5-3-4-21(22,23)13-30/h7-10,12,16,29H,2-6,11,13H2,1H3,(H,25,26)(H,27,28). The van der Waals surface area contributed by atoms with Gasteiger partial charge in [0.1, 0.15) is 0 Å². The minimum absolute atomic E-state index is 0.00169. The van der Waals surface area contributed by atoms with Crippen molar-refractivity contribution >= 4 is 23.4 Å². The van der Waals surface area contributed by atoms with Gasteiger partial charge in [-0.25, -0.2) is 18.7 Å². The predicted molar refractivity (Wildman–Crippen MR) is 121 cm³/mol. The van der Waals surface area contributed by atoms with Crippen LogP contribution in [0.5, 0.6) is 0 Å². The fourth-order valence-corrected chi connectivity index (χ4v) is 5.00. The normalized spacial score (nSPS) is 21.2. The van der Waals surface area contributed by atoms with Crippen LogP contribution in [0, 0.1) is 0 Å². The molecule has 3 aromatic rings. The van der Waals surface area contributed by atoms with E-state index in [9.17, 15) is 8.78 Å². The molecule has 1 atom stereocenters. The Bertz CT molecular complexity index is 1110. The van der Waals surface area contributed by atoms with Crippen LogP contribution in [0.3, 0.4) is 0 Å². The molecule has 1 fully saturated rings. The highest BCUT2D eigenvalue weighted by Gasteiger charge is 2.36. The van der Waals surface area contributed by atoms with E-state index in [2.05, 4.69) is 36.5 Å². The molecule has 0 bridgehead atoms. The first-order valence-corrected chi connectivity index (χ1v) is 11.7. The number of likely N-dealkylation sites (tertiary alicyclic amines) is 1. The van der Waals surface area contributed by atoms with Crippen LogP contribution in [0.15, 0.2) is 35.9 Å². The first-order valence-electron chi connectivity index (χ1n) is 10.8. The number of hydrogen-bond acceptors (Lipinski definition) is 7. The molecule has 170 valence electrons. The summed E-state index contributed by atoms with van der Waals surface area (Å²) in [5.41, 5.74) is 3.84. The van der Waals surface area contributed by atoms with E-state index in [-0.39, 0.29) is 19.0 Å². The summed E-state index contributed by atoms with van der Waals surface area (Å²) < 4.78 is 32.8. The highest BCUT2D eigenvalue weighted by Crippen LogP contribution is 2.29. The van der Waals surface area contributed by atoms with Gasteiger partial charge < -0.3 is 5.32 Å². The van der Waals surface area contributed by atoms with E-state index in [4.69, 9.17) is 4.98 Å². The summed E-state index contributed by atoms with van der Waals surface area (Å²) in [6.45, 7) is 3.17. The van der Waals surface area contributed by atoms with Crippen LogP contribution in [0.25, 0.3) is 5.65 Å². The average Bonchev–Trinajstić information content (AvgIpc) is 3.50. The maximum absolute atomic E-state index is 13.7. The Morgan fingerprint density at radius 3 is 3.03 bits per heavy atom. The van der Waals surface area contributed by atoms with E-state index >= 15 is 0 Å². The average molecular weight is 461 g/mol. The van der Waals surface area contributed by atoms with Crippen LogP contribution in [0.1, 0.15) is 36.7 Å². The number of aryl methyl sites for hydroxylation is 1. The molecule has 3 N–H and O–H groups in total. The lowest BCUT2D eigenvalue weighted by Gasteiger charge is -2.33. The molecule has 5 rings (SSSR count). The van der Waals surface area contributed by atoms with Gasteiger partial charge in [0.05, 0.1) is 29.5 Å². The van der Waals surface area contributed by atoms with Gasteiger partial charge in [0.25, 0.3) is 5.92 Å². The van der Waals surface area contributed by atoms with E-state index in [0.717, 1.165) is 34.0 Å². The number of hydrogen-bond donors (Lipinski definition) is 3. The Morgan fingerprint density at radius 1 is 1.34 bits per heavy atom. The molecule has 11 heteroatoms. The van der Waals surface area contributed by atoms with Crippen LogP contribution in [0.2, 0.25) is 0 Å². The molecule has 1 saturated heterocycles. The Labute approximate surface area is 189 Å². The third-order valence-electron chi connectivity index (χ3n) is 5.76. The summed E-state index contributed by atoms with van der Waals surface area (Å²) in [7, 11) is 0. The van der Waals surface area contributed by atoms with Gasteiger partial charge in [-0.1, -0.05) is 6.92 Å². The second-order valence-electron chi connectivity index (χ2n) is 8.34. The molecule has 2 aliphatic rings. The van der Waals surface area contributed by atoms with Crippen LogP contribution in [-0.4, -0.2) is 61.1 Å². The first kappa shape index (κ1) is 21.4. The zero-order valence-electron chi connectivity index (χ0n) is 17.8. The van der Waals surface area contributed by atoms with Crippen molar-refractivity contribution in [3.63, 3.8) is 0 Å². The number of H-pyrrole nitrogens is 1. The molecule has 1 unspecified atom stereocenters. The van der Waals surface area contributed by atoms with Crippen molar-refractivity contribution in [3.05, 3.63) is 52.8 Å². The highest BCUT2D eigenvalue weighted by molar-refractivity contribution is 8.01. The van der Waals surface area contributed by atoms with Gasteiger partial charge in [0.15, 0.2) is 11.5 Å². The van der Waals surface area contributed by atoms with Gasteiger partial charge in [-0.2, -0.15) is 5.10 Å². The molecule has 2 aliphatic heterocycles. The maximum atomic E-state index is 13.7. The number of alkyl halides is 2. The van der Waals surface area contributed by atoms with E-state index < -0.39 is 5.92 Å². The Balaban J connectivity index is 1.33. The molecule has 32 heavy (non-hydrogen) atoms. The number of nitrogens with one attached hydrogen (secondary N) is 3. The van der Waals surface area contributed by atoms with Crippen molar-refractivity contribution < 1.29 is 8.78 Å². The number of imidazole rings is 1. The fraction of sp³-hybridized carbons (Fsp3) is 0.476. The zero-order chi connectivity index (χ0) is 22.1. The van der Waals surface area contributed by atoms with Crippen molar-refractivity contribution in [1.82, 2.24) is 34.2 Å². The van der Waals surface area contributed by atoms with Crippen LogP contribution < -0.4 is 10.0 Å². The molecule has 0 radical (unpaired) electrons. The number of aromatic amines is 1. The fourth-order valence-electron chi connectivity index (χ4n) is 4.20. The SMILES string of the molecule is CCc1cn2c(Cc3cn[nH]c3)cnc2c(NC2=CC(CN3CCCC(F)(F)C3)NS2)n1. The summed E-state index contributed by atoms with van der Waals surface area (Å²) in [5, 5.41) is 11.2. The number of piperidine rings is 1. The maximum Gasteiger partial charge on any atom is 0.260 e. The lowest BCUT2D eigenvalue weighted by molar-refractivity contribution is -0.0642. The number of nitrogens with zero attached hydrogens (tertiary/aromatic N) is 5. The van der Waals surface area contributed by atoms with Gasteiger partial charge in [-0.15, -0.1) is 0 Å². The molecule has 0 saturated carbocycles. The number of aromatic nitrogens is 5. The van der Waals surface area contributed by atoms with Gasteiger partial charge in [-0.3, -0.25) is 19.1 Å². The van der Waals surface area contributed by atoms with Gasteiger partial charge in [0, 0.05) is 43.7 Å². The Morgan fingerprint density at radius 2 is 2.25 bits per heavy atom. The molecule has 0 spiro atoms. The van der Waals surface area contributed by atoms with Crippen LogP contribution >= 0.6 is 11.9 Å². The first-order chi connectivity index (χ1) is 15.5. The predicted octanol–water partition coefficient (Wildman–Crippen LogP) is 3.21. The number of halogens is 2. The zero-order valence-corrected chi connectivity index (χ0v) is 18.6. The number of fused-ring (bicyclic) bond motifs is 1. The van der Waals surface area contributed by atoms with Gasteiger partial charge >= 0.3 is 0 Å². The molecule has 3 aromatic heterocycles.